The molecule has 0 bridgehead atoms. The number of nitrogens with zero attached hydrogens (tertiary/aromatic N) is 2. The topological polar surface area (TPSA) is 64.9 Å². The Morgan fingerprint density at radius 2 is 2.05 bits per heavy atom. The number of nitrogens with two attached hydrogens (primary N) is 1. The molecule has 2 aromatic rings. The first-order chi connectivity index (χ1) is 9.32. The summed E-state index contributed by atoms with van der Waals surface area (Å²) in [5.41, 5.74) is 4.05. The van der Waals surface area contributed by atoms with E-state index in [0.717, 1.165) is 0 Å². The summed E-state index contributed by atoms with van der Waals surface area (Å²) < 4.78 is 56.2. The fourth-order valence-electron chi connectivity index (χ4n) is 1.52. The van der Waals surface area contributed by atoms with E-state index in [1.807, 2.05) is 0 Å². The molecule has 1 aromatic heterocycles. The molecule has 1 unspecified atom stereocenters. The van der Waals surface area contributed by atoms with E-state index in [1.165, 1.54) is 0 Å². The molecule has 4 nitrogen and oxygen atoms in total. The van der Waals surface area contributed by atoms with Crippen LogP contribution in [0.1, 0.15) is 24.2 Å². The van der Waals surface area contributed by atoms with Gasteiger partial charge in [0.25, 0.3) is 5.89 Å². The third-order valence-electron chi connectivity index (χ3n) is 2.76. The van der Waals surface area contributed by atoms with Crippen molar-refractivity contribution in [2.75, 3.05) is 6.54 Å². The van der Waals surface area contributed by atoms with Crippen molar-refractivity contribution < 1.29 is 22.1 Å². The Kier molecular flexibility index (Phi) is 3.76. The predicted molar refractivity (Wildman–Crippen MR) is 62.2 cm³/mol. The Bertz CT molecular complexity index is 609. The molecular weight excluding hydrogens is 278 g/mol. The predicted octanol–water partition coefficient (Wildman–Crippen LogP) is 2.96. The Morgan fingerprint density at radius 1 is 1.35 bits per heavy atom. The lowest BCUT2D eigenvalue weighted by Gasteiger charge is -2.07. The van der Waals surface area contributed by atoms with Crippen molar-refractivity contribution in [2.45, 2.75) is 19.0 Å². The normalized spacial score (nSPS) is 13.5. The van der Waals surface area contributed by atoms with Gasteiger partial charge >= 0.3 is 6.18 Å². The molecule has 0 amide bonds. The smallest absolute Gasteiger partial charge is 0.334 e. The summed E-state index contributed by atoms with van der Waals surface area (Å²) in [4.78, 5) is 3.87. The van der Waals surface area contributed by atoms with Crippen LogP contribution in [-0.4, -0.2) is 16.7 Å². The first kappa shape index (κ1) is 14.4. The minimum absolute atomic E-state index is 0.222. The van der Waals surface area contributed by atoms with E-state index in [1.54, 1.807) is 6.92 Å². The monoisotopic (exact) mass is 289 g/mol. The molecule has 0 saturated carbocycles. The Morgan fingerprint density at radius 3 is 2.65 bits per heavy atom. The second-order valence-electron chi connectivity index (χ2n) is 4.29. The summed E-state index contributed by atoms with van der Waals surface area (Å²) >= 11 is 0. The van der Waals surface area contributed by atoms with Gasteiger partial charge in [0.05, 0.1) is 11.1 Å². The Labute approximate surface area is 111 Å². The summed E-state index contributed by atoms with van der Waals surface area (Å²) in [5.74, 6) is -1.18. The molecule has 108 valence electrons. The van der Waals surface area contributed by atoms with Crippen LogP contribution in [0.3, 0.4) is 0 Å². The zero-order valence-electron chi connectivity index (χ0n) is 10.4. The van der Waals surface area contributed by atoms with Crippen LogP contribution in [0.15, 0.2) is 22.7 Å². The minimum Gasteiger partial charge on any atom is -0.334 e. The SMILES string of the molecule is CC(CN)c1noc(-c2cc(C(F)(F)F)ccc2F)n1. The van der Waals surface area contributed by atoms with Crippen LogP contribution in [0.5, 0.6) is 0 Å². The van der Waals surface area contributed by atoms with E-state index in [9.17, 15) is 17.6 Å². The van der Waals surface area contributed by atoms with Crippen LogP contribution in [0.4, 0.5) is 17.6 Å². The highest BCUT2D eigenvalue weighted by Crippen LogP contribution is 2.33. The number of hydrogen-bond donors (Lipinski definition) is 1. The molecule has 20 heavy (non-hydrogen) atoms. The van der Waals surface area contributed by atoms with Gasteiger partial charge in [-0.2, -0.15) is 18.2 Å². The average Bonchev–Trinajstić information content (AvgIpc) is 2.86. The van der Waals surface area contributed by atoms with Gasteiger partial charge in [0, 0.05) is 12.5 Å². The largest absolute Gasteiger partial charge is 0.416 e. The van der Waals surface area contributed by atoms with Gasteiger partial charge in [0.2, 0.25) is 0 Å². The van der Waals surface area contributed by atoms with Crippen molar-refractivity contribution in [1.82, 2.24) is 10.1 Å². The van der Waals surface area contributed by atoms with Gasteiger partial charge in [-0.05, 0) is 18.2 Å². The van der Waals surface area contributed by atoms with E-state index in [4.69, 9.17) is 10.3 Å². The molecule has 0 aliphatic rings. The van der Waals surface area contributed by atoms with E-state index < -0.39 is 17.6 Å². The zero-order valence-corrected chi connectivity index (χ0v) is 10.4. The molecule has 1 atom stereocenters. The molecule has 8 heteroatoms. The highest BCUT2D eigenvalue weighted by Gasteiger charge is 2.32. The summed E-state index contributed by atoms with van der Waals surface area (Å²) in [6.45, 7) is 1.96. The lowest BCUT2D eigenvalue weighted by molar-refractivity contribution is -0.137. The van der Waals surface area contributed by atoms with Gasteiger partial charge in [-0.1, -0.05) is 12.1 Å². The summed E-state index contributed by atoms with van der Waals surface area (Å²) in [6, 6.07) is 2.01. The lowest BCUT2D eigenvalue weighted by Crippen LogP contribution is -2.10. The van der Waals surface area contributed by atoms with Crippen molar-refractivity contribution in [3.8, 4) is 11.5 Å². The van der Waals surface area contributed by atoms with Crippen LogP contribution >= 0.6 is 0 Å². The molecule has 0 aliphatic heterocycles. The second kappa shape index (κ2) is 5.20. The van der Waals surface area contributed by atoms with Crippen LogP contribution in [0, 0.1) is 5.82 Å². The van der Waals surface area contributed by atoms with Crippen molar-refractivity contribution in [3.05, 3.63) is 35.4 Å². The first-order valence-electron chi connectivity index (χ1n) is 5.73. The third kappa shape index (κ3) is 2.79. The van der Waals surface area contributed by atoms with Gasteiger partial charge in [-0.15, -0.1) is 0 Å². The van der Waals surface area contributed by atoms with Crippen LogP contribution < -0.4 is 5.73 Å². The van der Waals surface area contributed by atoms with Gasteiger partial charge in [-0.25, -0.2) is 4.39 Å². The molecule has 0 radical (unpaired) electrons. The van der Waals surface area contributed by atoms with Gasteiger partial charge < -0.3 is 10.3 Å². The number of benzene rings is 1. The van der Waals surface area contributed by atoms with E-state index >= 15 is 0 Å². The van der Waals surface area contributed by atoms with E-state index in [2.05, 4.69) is 10.1 Å². The highest BCUT2D eigenvalue weighted by molar-refractivity contribution is 5.55. The summed E-state index contributed by atoms with van der Waals surface area (Å²) in [7, 11) is 0. The lowest BCUT2D eigenvalue weighted by atomic mass is 10.1. The molecule has 2 rings (SSSR count). The standard InChI is InChI=1S/C12H11F4N3O/c1-6(5-17)10-18-11(20-19-10)8-4-7(12(14,15)16)2-3-9(8)13/h2-4,6H,5,17H2,1H3. The number of halogens is 4. The molecule has 0 aliphatic carbocycles. The fourth-order valence-corrected chi connectivity index (χ4v) is 1.52. The van der Waals surface area contributed by atoms with Crippen LogP contribution in [0.2, 0.25) is 0 Å². The minimum atomic E-state index is -4.57. The quantitative estimate of drug-likeness (QED) is 0.882. The summed E-state index contributed by atoms with van der Waals surface area (Å²) in [5, 5.41) is 3.58. The zero-order chi connectivity index (χ0) is 14.9. The fraction of sp³-hybridized carbons (Fsp3) is 0.333. The number of alkyl halides is 3. The number of hydrogen-bond acceptors (Lipinski definition) is 4. The average molecular weight is 289 g/mol. The molecule has 1 aromatic carbocycles. The molecular formula is C12H11F4N3O. The molecule has 0 spiro atoms. The van der Waals surface area contributed by atoms with E-state index in [0.29, 0.717) is 18.2 Å². The van der Waals surface area contributed by atoms with E-state index in [-0.39, 0.29) is 29.7 Å². The van der Waals surface area contributed by atoms with Crippen molar-refractivity contribution in [3.63, 3.8) is 0 Å². The van der Waals surface area contributed by atoms with Crippen molar-refractivity contribution in [2.24, 2.45) is 5.73 Å². The Hall–Kier alpha value is -1.96. The molecule has 0 fully saturated rings. The maximum atomic E-state index is 13.6. The molecule has 0 saturated heterocycles. The molecule has 2 N–H and O–H groups in total. The van der Waals surface area contributed by atoms with Crippen LogP contribution in [0.25, 0.3) is 11.5 Å². The first-order valence-corrected chi connectivity index (χ1v) is 5.73. The summed E-state index contributed by atoms with van der Waals surface area (Å²) in [6.07, 6.45) is -4.57. The van der Waals surface area contributed by atoms with Crippen LogP contribution in [-0.2, 0) is 6.18 Å². The number of aromatic nitrogens is 2. The molecule has 1 heterocycles. The maximum Gasteiger partial charge on any atom is 0.416 e. The highest BCUT2D eigenvalue weighted by atomic mass is 19.4. The van der Waals surface area contributed by atoms with Gasteiger partial charge in [-0.3, -0.25) is 0 Å². The maximum absolute atomic E-state index is 13.6. The number of rotatable bonds is 3. The second-order valence-corrected chi connectivity index (χ2v) is 4.29. The van der Waals surface area contributed by atoms with Crippen molar-refractivity contribution in [1.29, 1.82) is 0 Å². The Balaban J connectivity index is 2.44. The van der Waals surface area contributed by atoms with Crippen molar-refractivity contribution >= 4 is 0 Å². The van der Waals surface area contributed by atoms with Gasteiger partial charge in [0.1, 0.15) is 5.82 Å². The third-order valence-corrected chi connectivity index (χ3v) is 2.76. The van der Waals surface area contributed by atoms with Gasteiger partial charge in [0.15, 0.2) is 5.82 Å².